The second-order valence-corrected chi connectivity index (χ2v) is 5.64. The first-order valence-electron chi connectivity index (χ1n) is 5.35. The van der Waals surface area contributed by atoms with Crippen molar-refractivity contribution in [2.75, 3.05) is 12.8 Å². The van der Waals surface area contributed by atoms with E-state index in [9.17, 15) is 0 Å². The van der Waals surface area contributed by atoms with Gasteiger partial charge in [0.15, 0.2) is 0 Å². The highest BCUT2D eigenvalue weighted by Crippen LogP contribution is 2.33. The molecule has 0 fully saturated rings. The molecule has 94 valence electrons. The second-order valence-electron chi connectivity index (χ2n) is 3.71. The number of nitrogens with two attached hydrogens (primary N) is 1. The third-order valence-corrected chi connectivity index (χ3v) is 3.90. The van der Waals surface area contributed by atoms with E-state index in [4.69, 9.17) is 10.5 Å². The lowest BCUT2D eigenvalue weighted by Crippen LogP contribution is -1.91. The van der Waals surface area contributed by atoms with Crippen LogP contribution in [0.1, 0.15) is 5.56 Å². The summed E-state index contributed by atoms with van der Waals surface area (Å²) in [5, 5.41) is 0. The topological polar surface area (TPSA) is 48.1 Å². The van der Waals surface area contributed by atoms with E-state index in [-0.39, 0.29) is 0 Å². The van der Waals surface area contributed by atoms with Gasteiger partial charge in [0, 0.05) is 39.3 Å². The summed E-state index contributed by atoms with van der Waals surface area (Å²) in [7, 11) is 1.65. The smallest absolute Gasteiger partial charge is 0.134 e. The van der Waals surface area contributed by atoms with Crippen LogP contribution < -0.4 is 10.5 Å². The summed E-state index contributed by atoms with van der Waals surface area (Å²) in [5.41, 5.74) is 7.59. The molecule has 0 atom stereocenters. The van der Waals surface area contributed by atoms with Crippen LogP contribution in [0.3, 0.4) is 0 Å². The van der Waals surface area contributed by atoms with Gasteiger partial charge in [-0.3, -0.25) is 4.98 Å². The molecule has 0 spiro atoms. The molecule has 0 amide bonds. The van der Waals surface area contributed by atoms with E-state index in [0.717, 1.165) is 26.4 Å². The number of rotatable bonds is 4. The predicted molar refractivity (Wildman–Crippen MR) is 78.9 cm³/mol. The lowest BCUT2D eigenvalue weighted by molar-refractivity contribution is 0.405. The van der Waals surface area contributed by atoms with E-state index in [1.165, 1.54) is 0 Å². The van der Waals surface area contributed by atoms with Crippen LogP contribution in [0.4, 0.5) is 5.69 Å². The van der Waals surface area contributed by atoms with Crippen LogP contribution in [0.2, 0.25) is 0 Å². The summed E-state index contributed by atoms with van der Waals surface area (Å²) in [4.78, 5) is 5.22. The van der Waals surface area contributed by atoms with Crippen LogP contribution in [0.25, 0.3) is 0 Å². The zero-order valence-electron chi connectivity index (χ0n) is 9.89. The van der Waals surface area contributed by atoms with Crippen molar-refractivity contribution >= 4 is 33.4 Å². The molecule has 0 bridgehead atoms. The monoisotopic (exact) mass is 324 g/mol. The SMILES string of the molecule is COc1cc(N)ccc1SCc1cncc(Br)c1. The van der Waals surface area contributed by atoms with Crippen molar-refractivity contribution in [3.05, 3.63) is 46.7 Å². The Morgan fingerprint density at radius 1 is 1.33 bits per heavy atom. The molecule has 0 unspecified atom stereocenters. The minimum absolute atomic E-state index is 0.709. The van der Waals surface area contributed by atoms with Crippen LogP contribution in [-0.2, 0) is 5.75 Å². The highest BCUT2D eigenvalue weighted by Gasteiger charge is 2.05. The highest BCUT2D eigenvalue weighted by molar-refractivity contribution is 9.10. The number of benzene rings is 1. The molecule has 18 heavy (non-hydrogen) atoms. The number of hydrogen-bond donors (Lipinski definition) is 1. The molecule has 2 rings (SSSR count). The van der Waals surface area contributed by atoms with Gasteiger partial charge in [-0.1, -0.05) is 0 Å². The predicted octanol–water partition coefficient (Wildman–Crippen LogP) is 3.73. The molecule has 1 aromatic carbocycles. The molecule has 0 aliphatic rings. The zero-order chi connectivity index (χ0) is 13.0. The van der Waals surface area contributed by atoms with E-state index in [1.807, 2.05) is 24.4 Å². The van der Waals surface area contributed by atoms with Crippen LogP contribution in [0.15, 0.2) is 46.0 Å². The fraction of sp³-hybridized carbons (Fsp3) is 0.154. The number of nitrogen functional groups attached to an aromatic ring is 1. The van der Waals surface area contributed by atoms with Crippen molar-refractivity contribution in [2.24, 2.45) is 0 Å². The summed E-state index contributed by atoms with van der Waals surface area (Å²) >= 11 is 5.11. The van der Waals surface area contributed by atoms with Crippen molar-refractivity contribution in [2.45, 2.75) is 10.6 Å². The normalized spacial score (nSPS) is 10.3. The molecule has 0 radical (unpaired) electrons. The third-order valence-electron chi connectivity index (χ3n) is 2.34. The fourth-order valence-corrected chi connectivity index (χ4v) is 2.84. The number of halogens is 1. The number of aromatic nitrogens is 1. The number of thioether (sulfide) groups is 1. The summed E-state index contributed by atoms with van der Waals surface area (Å²) in [6.07, 6.45) is 3.64. The number of nitrogens with zero attached hydrogens (tertiary/aromatic N) is 1. The van der Waals surface area contributed by atoms with E-state index < -0.39 is 0 Å². The number of methoxy groups -OCH3 is 1. The fourth-order valence-electron chi connectivity index (χ4n) is 1.50. The summed E-state index contributed by atoms with van der Waals surface area (Å²) < 4.78 is 6.30. The molecule has 2 aromatic rings. The Morgan fingerprint density at radius 2 is 2.17 bits per heavy atom. The van der Waals surface area contributed by atoms with Gasteiger partial charge >= 0.3 is 0 Å². The van der Waals surface area contributed by atoms with E-state index in [2.05, 4.69) is 27.0 Å². The maximum atomic E-state index is 5.72. The molecule has 2 N–H and O–H groups in total. The Kier molecular flexibility index (Phi) is 4.49. The van der Waals surface area contributed by atoms with Gasteiger partial charge in [0.2, 0.25) is 0 Å². The standard InChI is InChI=1S/C13H13BrN2OS/c1-17-12-5-11(15)2-3-13(12)18-8-9-4-10(14)7-16-6-9/h2-7H,8,15H2,1H3. The van der Waals surface area contributed by atoms with Gasteiger partial charge in [0.25, 0.3) is 0 Å². The Bertz CT molecular complexity index is 548. The third kappa shape index (κ3) is 3.40. The first kappa shape index (κ1) is 13.2. The van der Waals surface area contributed by atoms with Crippen molar-refractivity contribution in [1.29, 1.82) is 0 Å². The van der Waals surface area contributed by atoms with E-state index >= 15 is 0 Å². The molecule has 5 heteroatoms. The van der Waals surface area contributed by atoms with Gasteiger partial charge in [0.05, 0.1) is 7.11 Å². The molecule has 1 heterocycles. The van der Waals surface area contributed by atoms with Crippen LogP contribution in [-0.4, -0.2) is 12.1 Å². The minimum atomic E-state index is 0.709. The average molecular weight is 325 g/mol. The molecule has 1 aromatic heterocycles. The molecule has 0 saturated carbocycles. The van der Waals surface area contributed by atoms with Crippen LogP contribution >= 0.6 is 27.7 Å². The minimum Gasteiger partial charge on any atom is -0.496 e. The van der Waals surface area contributed by atoms with Crippen LogP contribution in [0, 0.1) is 0 Å². The molecule has 0 saturated heterocycles. The van der Waals surface area contributed by atoms with Gasteiger partial charge in [0.1, 0.15) is 5.75 Å². The maximum Gasteiger partial charge on any atom is 0.134 e. The number of anilines is 1. The van der Waals surface area contributed by atoms with Crippen molar-refractivity contribution in [3.63, 3.8) is 0 Å². The summed E-state index contributed by atoms with van der Waals surface area (Å²) in [5.74, 6) is 1.65. The lowest BCUT2D eigenvalue weighted by atomic mass is 10.3. The van der Waals surface area contributed by atoms with Gasteiger partial charge in [-0.2, -0.15) is 0 Å². The van der Waals surface area contributed by atoms with E-state index in [0.29, 0.717) is 5.69 Å². The van der Waals surface area contributed by atoms with Gasteiger partial charge in [-0.15, -0.1) is 11.8 Å². The molecular formula is C13H13BrN2OS. The quantitative estimate of drug-likeness (QED) is 0.687. The molecular weight excluding hydrogens is 312 g/mol. The number of ether oxygens (including phenoxy) is 1. The molecule has 0 aliphatic carbocycles. The highest BCUT2D eigenvalue weighted by atomic mass is 79.9. The number of pyridine rings is 1. The number of hydrogen-bond acceptors (Lipinski definition) is 4. The van der Waals surface area contributed by atoms with Gasteiger partial charge < -0.3 is 10.5 Å². The molecule has 3 nitrogen and oxygen atoms in total. The lowest BCUT2D eigenvalue weighted by Gasteiger charge is -2.08. The molecule has 0 aliphatic heterocycles. The van der Waals surface area contributed by atoms with E-state index in [1.54, 1.807) is 25.1 Å². The van der Waals surface area contributed by atoms with Gasteiger partial charge in [-0.25, -0.2) is 0 Å². The first-order chi connectivity index (χ1) is 8.69. The first-order valence-corrected chi connectivity index (χ1v) is 7.12. The van der Waals surface area contributed by atoms with Crippen molar-refractivity contribution in [3.8, 4) is 5.75 Å². The Morgan fingerprint density at radius 3 is 2.89 bits per heavy atom. The Hall–Kier alpha value is -1.20. The maximum absolute atomic E-state index is 5.72. The largest absolute Gasteiger partial charge is 0.496 e. The Balaban J connectivity index is 2.10. The summed E-state index contributed by atoms with van der Waals surface area (Å²) in [6, 6.07) is 7.75. The average Bonchev–Trinajstić information content (AvgIpc) is 2.37. The van der Waals surface area contributed by atoms with Crippen LogP contribution in [0.5, 0.6) is 5.75 Å². The zero-order valence-corrected chi connectivity index (χ0v) is 12.3. The Labute approximate surface area is 119 Å². The van der Waals surface area contributed by atoms with Crippen molar-refractivity contribution < 1.29 is 4.74 Å². The van der Waals surface area contributed by atoms with Gasteiger partial charge in [-0.05, 0) is 39.7 Å². The van der Waals surface area contributed by atoms with Crippen molar-refractivity contribution in [1.82, 2.24) is 4.98 Å². The summed E-state index contributed by atoms with van der Waals surface area (Å²) in [6.45, 7) is 0. The second kappa shape index (κ2) is 6.11.